The fourth-order valence-corrected chi connectivity index (χ4v) is 4.12. The Balaban J connectivity index is 2.04. The lowest BCUT2D eigenvalue weighted by molar-refractivity contribution is 0.431. The van der Waals surface area contributed by atoms with Crippen molar-refractivity contribution in [3.8, 4) is 0 Å². The SMILES string of the molecule is O=c1cccc2n1CC13CCCC21C3. The van der Waals surface area contributed by atoms with Gasteiger partial charge in [0.05, 0.1) is 0 Å². The molecule has 72 valence electrons. The van der Waals surface area contributed by atoms with E-state index in [2.05, 4.69) is 6.07 Å². The summed E-state index contributed by atoms with van der Waals surface area (Å²) in [6.45, 7) is 1.00. The largest absolute Gasteiger partial charge is 0.311 e. The number of aromatic nitrogens is 1. The predicted octanol–water partition coefficient (Wildman–Crippen LogP) is 1.67. The molecule has 2 saturated carbocycles. The first-order valence-corrected chi connectivity index (χ1v) is 5.48. The van der Waals surface area contributed by atoms with Crippen LogP contribution >= 0.6 is 0 Å². The Labute approximate surface area is 82.6 Å². The highest BCUT2D eigenvalue weighted by Crippen LogP contribution is 2.77. The second-order valence-electron chi connectivity index (χ2n) is 5.23. The Kier molecular flexibility index (Phi) is 0.952. The van der Waals surface area contributed by atoms with Gasteiger partial charge in [-0.25, -0.2) is 0 Å². The minimum absolute atomic E-state index is 0.204. The van der Waals surface area contributed by atoms with Gasteiger partial charge in [0.1, 0.15) is 0 Å². The first-order valence-electron chi connectivity index (χ1n) is 5.48. The highest BCUT2D eigenvalue weighted by molar-refractivity contribution is 5.41. The van der Waals surface area contributed by atoms with Gasteiger partial charge in [-0.3, -0.25) is 4.79 Å². The van der Waals surface area contributed by atoms with Crippen LogP contribution in [-0.4, -0.2) is 4.57 Å². The third-order valence-electron chi connectivity index (χ3n) is 4.79. The summed E-state index contributed by atoms with van der Waals surface area (Å²) in [5.74, 6) is 0. The van der Waals surface area contributed by atoms with E-state index in [1.807, 2.05) is 10.6 Å². The number of pyridine rings is 1. The average molecular weight is 187 g/mol. The van der Waals surface area contributed by atoms with Crippen LogP contribution in [0.15, 0.2) is 23.0 Å². The number of rotatable bonds is 0. The lowest BCUT2D eigenvalue weighted by atomic mass is 9.96. The number of hydrogen-bond donors (Lipinski definition) is 0. The van der Waals surface area contributed by atoms with Crippen molar-refractivity contribution in [2.24, 2.45) is 5.41 Å². The average Bonchev–Trinajstić information content (AvgIpc) is 2.56. The molecule has 2 heterocycles. The van der Waals surface area contributed by atoms with Crippen LogP contribution in [-0.2, 0) is 12.0 Å². The second-order valence-corrected chi connectivity index (χ2v) is 5.23. The zero-order valence-corrected chi connectivity index (χ0v) is 8.12. The summed E-state index contributed by atoms with van der Waals surface area (Å²) in [6, 6.07) is 5.79. The van der Waals surface area contributed by atoms with Crippen molar-refractivity contribution >= 4 is 0 Å². The Morgan fingerprint density at radius 2 is 2.21 bits per heavy atom. The highest BCUT2D eigenvalue weighted by Gasteiger charge is 2.74. The molecule has 2 heteroatoms. The normalized spacial score (nSPS) is 41.7. The Bertz CT molecular complexity index is 485. The van der Waals surface area contributed by atoms with Crippen LogP contribution in [0.4, 0.5) is 0 Å². The monoisotopic (exact) mass is 187 g/mol. The molecular weight excluding hydrogens is 174 g/mol. The highest BCUT2D eigenvalue weighted by atomic mass is 16.1. The topological polar surface area (TPSA) is 22.0 Å². The maximum atomic E-state index is 11.7. The fraction of sp³-hybridized carbons (Fsp3) is 0.583. The van der Waals surface area contributed by atoms with Gasteiger partial charge in [-0.15, -0.1) is 0 Å². The van der Waals surface area contributed by atoms with E-state index >= 15 is 0 Å². The summed E-state index contributed by atoms with van der Waals surface area (Å²) < 4.78 is 2.02. The smallest absolute Gasteiger partial charge is 0.250 e. The molecule has 2 atom stereocenters. The maximum Gasteiger partial charge on any atom is 0.250 e. The molecule has 1 aromatic heterocycles. The quantitative estimate of drug-likeness (QED) is 0.605. The standard InChI is InChI=1S/C12H13NO/c14-10-4-1-3-9-12-6-2-5-11(12,7-12)8-13(9)10/h1,3-4H,2,5-8H2. The van der Waals surface area contributed by atoms with Crippen LogP contribution < -0.4 is 5.56 Å². The van der Waals surface area contributed by atoms with Gasteiger partial charge >= 0.3 is 0 Å². The predicted molar refractivity (Wildman–Crippen MR) is 53.3 cm³/mol. The molecule has 0 N–H and O–H groups in total. The van der Waals surface area contributed by atoms with Crippen molar-refractivity contribution in [3.63, 3.8) is 0 Å². The number of nitrogens with zero attached hydrogens (tertiary/aromatic N) is 1. The van der Waals surface area contributed by atoms with Gasteiger partial charge in [0.2, 0.25) is 0 Å². The van der Waals surface area contributed by atoms with Crippen molar-refractivity contribution in [1.82, 2.24) is 4.57 Å². The van der Waals surface area contributed by atoms with Gasteiger partial charge in [0.25, 0.3) is 5.56 Å². The lowest BCUT2D eigenvalue weighted by Gasteiger charge is -2.13. The van der Waals surface area contributed by atoms with Crippen LogP contribution in [0.5, 0.6) is 0 Å². The summed E-state index contributed by atoms with van der Waals surface area (Å²) >= 11 is 0. The molecule has 0 aromatic carbocycles. The zero-order valence-electron chi connectivity index (χ0n) is 8.12. The van der Waals surface area contributed by atoms with Crippen LogP contribution in [0, 0.1) is 5.41 Å². The molecule has 0 spiro atoms. The molecule has 0 radical (unpaired) electrons. The molecule has 14 heavy (non-hydrogen) atoms. The van der Waals surface area contributed by atoms with Gasteiger partial charge in [-0.2, -0.15) is 0 Å². The number of hydrogen-bond acceptors (Lipinski definition) is 1. The molecule has 0 bridgehead atoms. The van der Waals surface area contributed by atoms with Gasteiger partial charge in [0.15, 0.2) is 0 Å². The summed E-state index contributed by atoms with van der Waals surface area (Å²) in [4.78, 5) is 11.7. The van der Waals surface area contributed by atoms with Crippen molar-refractivity contribution < 1.29 is 0 Å². The van der Waals surface area contributed by atoms with Crippen molar-refractivity contribution in [1.29, 1.82) is 0 Å². The Morgan fingerprint density at radius 1 is 1.29 bits per heavy atom. The van der Waals surface area contributed by atoms with Crippen LogP contribution in [0.2, 0.25) is 0 Å². The molecule has 3 aliphatic rings. The Morgan fingerprint density at radius 3 is 3.14 bits per heavy atom. The molecular formula is C12H13NO. The lowest BCUT2D eigenvalue weighted by Crippen LogP contribution is -2.22. The van der Waals surface area contributed by atoms with E-state index in [9.17, 15) is 4.79 Å². The molecule has 2 fully saturated rings. The summed E-state index contributed by atoms with van der Waals surface area (Å²) in [5, 5.41) is 0. The van der Waals surface area contributed by atoms with Gasteiger partial charge in [-0.1, -0.05) is 12.5 Å². The fourth-order valence-electron chi connectivity index (χ4n) is 4.12. The number of fused-ring (bicyclic) bond motifs is 1. The van der Waals surface area contributed by atoms with Gasteiger partial charge < -0.3 is 4.57 Å². The van der Waals surface area contributed by atoms with E-state index in [4.69, 9.17) is 0 Å². The maximum absolute atomic E-state index is 11.7. The molecule has 0 saturated heterocycles. The van der Waals surface area contributed by atoms with E-state index in [0.29, 0.717) is 10.8 Å². The summed E-state index contributed by atoms with van der Waals surface area (Å²) in [6.07, 6.45) is 5.37. The zero-order chi connectivity index (χ0) is 9.39. The summed E-state index contributed by atoms with van der Waals surface area (Å²) in [7, 11) is 0. The van der Waals surface area contributed by atoms with E-state index in [0.717, 1.165) is 6.54 Å². The van der Waals surface area contributed by atoms with E-state index in [1.54, 1.807) is 6.07 Å². The first kappa shape index (κ1) is 7.27. The molecule has 2 aliphatic carbocycles. The molecule has 2 nitrogen and oxygen atoms in total. The first-order chi connectivity index (χ1) is 6.78. The minimum atomic E-state index is 0.204. The molecule has 1 aliphatic heterocycles. The Hall–Kier alpha value is -1.05. The van der Waals surface area contributed by atoms with E-state index in [-0.39, 0.29) is 5.56 Å². The van der Waals surface area contributed by atoms with Gasteiger partial charge in [-0.05, 0) is 25.3 Å². The van der Waals surface area contributed by atoms with E-state index < -0.39 is 0 Å². The molecule has 1 aromatic rings. The van der Waals surface area contributed by atoms with E-state index in [1.165, 1.54) is 31.4 Å². The van der Waals surface area contributed by atoms with Crippen molar-refractivity contribution in [2.75, 3.05) is 0 Å². The van der Waals surface area contributed by atoms with Crippen LogP contribution in [0.25, 0.3) is 0 Å². The molecule has 2 unspecified atom stereocenters. The molecule has 4 rings (SSSR count). The van der Waals surface area contributed by atoms with Crippen LogP contribution in [0.3, 0.4) is 0 Å². The van der Waals surface area contributed by atoms with Crippen molar-refractivity contribution in [2.45, 2.75) is 37.6 Å². The second kappa shape index (κ2) is 1.83. The molecule has 0 amide bonds. The minimum Gasteiger partial charge on any atom is -0.311 e. The van der Waals surface area contributed by atoms with Crippen LogP contribution in [0.1, 0.15) is 31.4 Å². The summed E-state index contributed by atoms with van der Waals surface area (Å²) in [5.41, 5.74) is 2.49. The van der Waals surface area contributed by atoms with Crippen molar-refractivity contribution in [3.05, 3.63) is 34.2 Å². The third-order valence-corrected chi connectivity index (χ3v) is 4.79. The third kappa shape index (κ3) is 0.537. The van der Waals surface area contributed by atoms with Gasteiger partial charge in [0, 0.05) is 29.1 Å².